The molecule has 0 spiro atoms. The maximum absolute atomic E-state index is 8.23. The summed E-state index contributed by atoms with van der Waals surface area (Å²) in [5.74, 6) is 0.655. The lowest BCUT2D eigenvalue weighted by Gasteiger charge is -2.21. The van der Waals surface area contributed by atoms with Crippen molar-refractivity contribution in [3.8, 4) is 11.5 Å². The van der Waals surface area contributed by atoms with Gasteiger partial charge in [-0.15, -0.1) is 0 Å². The first-order chi connectivity index (χ1) is 12.7. The highest BCUT2D eigenvalue weighted by molar-refractivity contribution is 5.96. The summed E-state index contributed by atoms with van der Waals surface area (Å²) in [5.41, 5.74) is 3.52. The minimum atomic E-state index is 0.461. The van der Waals surface area contributed by atoms with Crippen LogP contribution in [0.15, 0.2) is 52.9 Å². The Kier molecular flexibility index (Phi) is 5.21. The van der Waals surface area contributed by atoms with Crippen LogP contribution in [-0.4, -0.2) is 18.1 Å². The van der Waals surface area contributed by atoms with Gasteiger partial charge in [-0.1, -0.05) is 38.1 Å². The summed E-state index contributed by atoms with van der Waals surface area (Å²) in [4.78, 5) is 7.08. The lowest BCUT2D eigenvalue weighted by atomic mass is 10.0. The SMILES string of the molecule is CC.CCN(CC)c1ccc2nc3c4ccccc4c(=N)cc-3oc2c1. The van der Waals surface area contributed by atoms with Crippen LogP contribution in [0.5, 0.6) is 0 Å². The van der Waals surface area contributed by atoms with E-state index in [1.807, 2.05) is 50.2 Å². The van der Waals surface area contributed by atoms with E-state index in [1.165, 1.54) is 0 Å². The van der Waals surface area contributed by atoms with E-state index in [-0.39, 0.29) is 0 Å². The maximum atomic E-state index is 8.23. The first-order valence-electron chi connectivity index (χ1n) is 9.27. The molecule has 2 aliphatic rings. The number of fused-ring (bicyclic) bond motifs is 4. The van der Waals surface area contributed by atoms with Crippen molar-refractivity contribution in [3.63, 3.8) is 0 Å². The van der Waals surface area contributed by atoms with Crippen molar-refractivity contribution in [2.45, 2.75) is 27.7 Å². The van der Waals surface area contributed by atoms with Gasteiger partial charge in [0, 0.05) is 41.7 Å². The van der Waals surface area contributed by atoms with Gasteiger partial charge >= 0.3 is 0 Å². The van der Waals surface area contributed by atoms with Crippen molar-refractivity contribution in [2.75, 3.05) is 18.0 Å². The minimum Gasteiger partial charge on any atom is -0.453 e. The van der Waals surface area contributed by atoms with E-state index in [1.54, 1.807) is 6.07 Å². The summed E-state index contributed by atoms with van der Waals surface area (Å²) in [6.45, 7) is 10.2. The van der Waals surface area contributed by atoms with E-state index in [0.717, 1.165) is 46.3 Å². The molecular weight excluding hydrogens is 322 g/mol. The van der Waals surface area contributed by atoms with Gasteiger partial charge in [-0.2, -0.15) is 0 Å². The summed E-state index contributed by atoms with van der Waals surface area (Å²) in [6, 6.07) is 15.7. The van der Waals surface area contributed by atoms with Gasteiger partial charge in [0.25, 0.3) is 0 Å². The quantitative estimate of drug-likeness (QED) is 0.397. The van der Waals surface area contributed by atoms with Crippen LogP contribution < -0.4 is 10.3 Å². The largest absolute Gasteiger partial charge is 0.453 e. The fourth-order valence-electron chi connectivity index (χ4n) is 3.23. The third-order valence-corrected chi connectivity index (χ3v) is 4.51. The fourth-order valence-corrected chi connectivity index (χ4v) is 3.23. The zero-order chi connectivity index (χ0) is 18.7. The molecule has 0 unspecified atom stereocenters. The summed E-state index contributed by atoms with van der Waals surface area (Å²) < 4.78 is 6.11. The molecule has 26 heavy (non-hydrogen) atoms. The number of aromatic nitrogens is 1. The third kappa shape index (κ3) is 3.03. The van der Waals surface area contributed by atoms with Crippen LogP contribution >= 0.6 is 0 Å². The Labute approximate surface area is 153 Å². The molecule has 4 heteroatoms. The lowest BCUT2D eigenvalue weighted by Crippen LogP contribution is -2.21. The topological polar surface area (TPSA) is 53.1 Å². The maximum Gasteiger partial charge on any atom is 0.155 e. The lowest BCUT2D eigenvalue weighted by molar-refractivity contribution is 0.613. The number of benzene rings is 3. The number of hydrogen-bond acceptors (Lipinski definition) is 4. The van der Waals surface area contributed by atoms with Gasteiger partial charge < -0.3 is 14.7 Å². The van der Waals surface area contributed by atoms with Crippen LogP contribution in [0.4, 0.5) is 5.69 Å². The zero-order valence-corrected chi connectivity index (χ0v) is 15.8. The summed E-state index contributed by atoms with van der Waals surface area (Å²) >= 11 is 0. The van der Waals surface area contributed by atoms with Crippen molar-refractivity contribution >= 4 is 27.6 Å². The summed E-state index contributed by atoms with van der Waals surface area (Å²) in [7, 11) is 0. The highest BCUT2D eigenvalue weighted by Gasteiger charge is 2.15. The van der Waals surface area contributed by atoms with Crippen LogP contribution in [0.3, 0.4) is 0 Å². The molecule has 0 saturated heterocycles. The van der Waals surface area contributed by atoms with Gasteiger partial charge in [-0.25, -0.2) is 4.98 Å². The van der Waals surface area contributed by atoms with Crippen LogP contribution in [0.2, 0.25) is 0 Å². The Balaban J connectivity index is 0.000000948. The second-order valence-corrected chi connectivity index (χ2v) is 5.85. The molecule has 1 N–H and O–H groups in total. The highest BCUT2D eigenvalue weighted by Crippen LogP contribution is 2.31. The Morgan fingerprint density at radius 3 is 2.35 bits per heavy atom. The van der Waals surface area contributed by atoms with Gasteiger partial charge in [0.15, 0.2) is 11.3 Å². The fraction of sp³-hybridized carbons (Fsp3) is 0.273. The molecule has 0 bridgehead atoms. The molecule has 0 fully saturated rings. The first kappa shape index (κ1) is 17.9. The van der Waals surface area contributed by atoms with Crippen molar-refractivity contribution in [1.82, 2.24) is 4.98 Å². The van der Waals surface area contributed by atoms with Gasteiger partial charge in [-0.3, -0.25) is 0 Å². The standard InChI is InChI=1S/C20H19N3O.C2H6/c1-3-23(4-2)13-9-10-17-18(11-13)24-19-12-16(21)14-7-5-6-8-15(14)20(19)22-17;1-2/h5-12,21H,3-4H2,1-2H3;1-2H3. The number of nitrogens with zero attached hydrogens (tertiary/aromatic N) is 2. The zero-order valence-electron chi connectivity index (χ0n) is 15.8. The van der Waals surface area contributed by atoms with Crippen LogP contribution in [0.1, 0.15) is 27.7 Å². The Bertz CT molecular complexity index is 1060. The molecule has 1 heterocycles. The minimum absolute atomic E-state index is 0.461. The molecule has 1 aliphatic carbocycles. The van der Waals surface area contributed by atoms with E-state index in [0.29, 0.717) is 11.1 Å². The van der Waals surface area contributed by atoms with Crippen molar-refractivity contribution < 1.29 is 4.42 Å². The molecule has 0 radical (unpaired) electrons. The molecule has 2 aromatic carbocycles. The second kappa shape index (κ2) is 7.56. The molecule has 0 amide bonds. The Morgan fingerprint density at radius 1 is 0.962 bits per heavy atom. The van der Waals surface area contributed by atoms with E-state index >= 15 is 0 Å². The first-order valence-corrected chi connectivity index (χ1v) is 9.27. The van der Waals surface area contributed by atoms with Crippen molar-refractivity contribution in [2.24, 2.45) is 0 Å². The summed E-state index contributed by atoms with van der Waals surface area (Å²) in [5, 5.41) is 10.5. The van der Waals surface area contributed by atoms with Gasteiger partial charge in [0.1, 0.15) is 11.2 Å². The molecule has 1 aliphatic heterocycles. The molecule has 0 saturated carbocycles. The number of anilines is 1. The normalized spacial score (nSPS) is 10.8. The van der Waals surface area contributed by atoms with E-state index in [2.05, 4.69) is 24.8 Å². The second-order valence-electron chi connectivity index (χ2n) is 5.85. The van der Waals surface area contributed by atoms with Gasteiger partial charge in [0.05, 0.1) is 5.36 Å². The number of nitrogens with one attached hydrogen (secondary N) is 1. The molecule has 4 nitrogen and oxygen atoms in total. The molecule has 134 valence electrons. The van der Waals surface area contributed by atoms with Crippen LogP contribution in [0, 0.1) is 5.41 Å². The highest BCUT2D eigenvalue weighted by atomic mass is 16.3. The molecule has 0 aromatic heterocycles. The van der Waals surface area contributed by atoms with Crippen molar-refractivity contribution in [3.05, 3.63) is 53.9 Å². The van der Waals surface area contributed by atoms with Gasteiger partial charge in [0.2, 0.25) is 0 Å². The van der Waals surface area contributed by atoms with Gasteiger partial charge in [-0.05, 0) is 26.0 Å². The third-order valence-electron chi connectivity index (χ3n) is 4.51. The van der Waals surface area contributed by atoms with E-state index in [9.17, 15) is 0 Å². The van der Waals surface area contributed by atoms with Crippen LogP contribution in [0.25, 0.3) is 33.3 Å². The monoisotopic (exact) mass is 347 g/mol. The smallest absolute Gasteiger partial charge is 0.155 e. The van der Waals surface area contributed by atoms with Crippen molar-refractivity contribution in [1.29, 1.82) is 5.41 Å². The Hall–Kier alpha value is -2.88. The number of hydrogen-bond donors (Lipinski definition) is 1. The molecule has 4 rings (SSSR count). The summed E-state index contributed by atoms with van der Waals surface area (Å²) in [6.07, 6.45) is 0. The predicted octanol–water partition coefficient (Wildman–Crippen LogP) is 5.44. The average Bonchev–Trinajstić information content (AvgIpc) is 2.69. The van der Waals surface area contributed by atoms with Crippen LogP contribution in [-0.2, 0) is 0 Å². The van der Waals surface area contributed by atoms with E-state index in [4.69, 9.17) is 14.8 Å². The predicted molar refractivity (Wildman–Crippen MR) is 109 cm³/mol. The molecule has 0 atom stereocenters. The van der Waals surface area contributed by atoms with E-state index < -0.39 is 0 Å². The molecular formula is C22H25N3O. The Morgan fingerprint density at radius 2 is 1.65 bits per heavy atom. The average molecular weight is 347 g/mol. The molecule has 2 aromatic rings. The number of rotatable bonds is 3.